The summed E-state index contributed by atoms with van der Waals surface area (Å²) < 4.78 is 26.2. The van der Waals surface area contributed by atoms with Crippen LogP contribution in [0.15, 0.2) is 17.5 Å². The molecule has 0 unspecified atom stereocenters. The predicted molar refractivity (Wildman–Crippen MR) is 88.4 cm³/mol. The molecule has 1 aromatic rings. The van der Waals surface area contributed by atoms with Gasteiger partial charge in [-0.15, -0.1) is 11.3 Å². The first-order valence-corrected chi connectivity index (χ1v) is 10.1. The number of thiophene rings is 1. The van der Waals surface area contributed by atoms with Crippen LogP contribution in [0.25, 0.3) is 0 Å². The second kappa shape index (κ2) is 7.94. The zero-order chi connectivity index (χ0) is 16.0. The van der Waals surface area contributed by atoms with Gasteiger partial charge in [0, 0.05) is 24.0 Å². The molecule has 0 spiro atoms. The Morgan fingerprint density at radius 1 is 1.41 bits per heavy atom. The molecule has 0 atom stereocenters. The van der Waals surface area contributed by atoms with E-state index in [1.54, 1.807) is 16.2 Å². The van der Waals surface area contributed by atoms with Crippen molar-refractivity contribution in [3.8, 4) is 0 Å². The lowest BCUT2D eigenvalue weighted by molar-refractivity contribution is 0.179. The molecule has 2 N–H and O–H groups in total. The number of nitrogens with one attached hydrogen (secondary N) is 2. The number of rotatable bonds is 6. The lowest BCUT2D eigenvalue weighted by Gasteiger charge is -2.32. The Morgan fingerprint density at radius 3 is 2.73 bits per heavy atom. The minimum atomic E-state index is -3.18. The first-order chi connectivity index (χ1) is 10.5. The molecule has 2 rings (SSSR count). The van der Waals surface area contributed by atoms with Gasteiger partial charge >= 0.3 is 6.03 Å². The van der Waals surface area contributed by atoms with E-state index >= 15 is 0 Å². The Kier molecular flexibility index (Phi) is 6.22. The molecular weight excluding hydrogens is 322 g/mol. The second-order valence-corrected chi connectivity index (χ2v) is 8.34. The molecule has 0 aromatic carbocycles. The van der Waals surface area contributed by atoms with E-state index in [2.05, 4.69) is 10.0 Å². The van der Waals surface area contributed by atoms with Gasteiger partial charge in [0.2, 0.25) is 10.0 Å². The molecular formula is C14H23N3O3S2. The van der Waals surface area contributed by atoms with Crippen molar-refractivity contribution < 1.29 is 13.2 Å². The van der Waals surface area contributed by atoms with Crippen molar-refractivity contribution in [2.45, 2.75) is 38.8 Å². The molecule has 1 aliphatic heterocycles. The molecule has 1 aromatic heterocycles. The highest BCUT2D eigenvalue weighted by molar-refractivity contribution is 7.89. The molecule has 124 valence electrons. The van der Waals surface area contributed by atoms with Gasteiger partial charge in [0.05, 0.1) is 12.3 Å². The summed E-state index contributed by atoms with van der Waals surface area (Å²) in [6.45, 7) is 3.55. The van der Waals surface area contributed by atoms with Crippen molar-refractivity contribution in [1.29, 1.82) is 0 Å². The van der Waals surface area contributed by atoms with Crippen LogP contribution in [0.4, 0.5) is 4.79 Å². The van der Waals surface area contributed by atoms with Gasteiger partial charge in [0.15, 0.2) is 0 Å². The van der Waals surface area contributed by atoms with Crippen LogP contribution in [0.3, 0.4) is 0 Å². The number of carbonyl (C=O) groups is 1. The highest BCUT2D eigenvalue weighted by Gasteiger charge is 2.25. The van der Waals surface area contributed by atoms with E-state index in [-0.39, 0.29) is 17.8 Å². The summed E-state index contributed by atoms with van der Waals surface area (Å²) in [6, 6.07) is 3.81. The van der Waals surface area contributed by atoms with Crippen molar-refractivity contribution in [3.05, 3.63) is 22.4 Å². The Hall–Kier alpha value is -1.12. The van der Waals surface area contributed by atoms with Crippen LogP contribution in [0.2, 0.25) is 0 Å². The van der Waals surface area contributed by atoms with Crippen molar-refractivity contribution in [2.75, 3.05) is 18.8 Å². The number of amides is 2. The number of likely N-dealkylation sites (tertiary alicyclic amines) is 1. The van der Waals surface area contributed by atoms with Gasteiger partial charge in [-0.25, -0.2) is 17.9 Å². The normalized spacial score (nSPS) is 16.7. The maximum atomic E-state index is 12.1. The smallest absolute Gasteiger partial charge is 0.317 e. The first kappa shape index (κ1) is 17.2. The molecule has 8 heteroatoms. The molecule has 1 aliphatic rings. The third kappa shape index (κ3) is 5.26. The quantitative estimate of drug-likeness (QED) is 0.824. The van der Waals surface area contributed by atoms with Crippen LogP contribution in [0.1, 0.15) is 31.1 Å². The molecule has 2 amide bonds. The molecule has 6 nitrogen and oxygen atoms in total. The second-order valence-electron chi connectivity index (χ2n) is 5.44. The monoisotopic (exact) mass is 345 g/mol. The number of sulfonamides is 1. The average molecular weight is 345 g/mol. The SMILES string of the molecule is CCCS(=O)(=O)NC1CCN(C(=O)NCc2cccs2)CC1. The maximum absolute atomic E-state index is 12.1. The van der Waals surface area contributed by atoms with Crippen molar-refractivity contribution in [3.63, 3.8) is 0 Å². The molecule has 0 saturated carbocycles. The summed E-state index contributed by atoms with van der Waals surface area (Å²) in [5.41, 5.74) is 0. The Bertz CT molecular complexity index is 564. The van der Waals surface area contributed by atoms with E-state index in [0.717, 1.165) is 4.88 Å². The minimum absolute atomic E-state index is 0.0575. The van der Waals surface area contributed by atoms with E-state index in [9.17, 15) is 13.2 Å². The van der Waals surface area contributed by atoms with E-state index in [1.165, 1.54) is 0 Å². The molecule has 0 bridgehead atoms. The standard InChI is InChI=1S/C14H23N3O3S2/c1-2-10-22(19,20)16-12-5-7-17(8-6-12)14(18)15-11-13-4-3-9-21-13/h3-4,9,12,16H,2,5-8,10-11H2,1H3,(H,15,18). The third-order valence-corrected chi connectivity index (χ3v) is 6.11. The summed E-state index contributed by atoms with van der Waals surface area (Å²) in [5.74, 6) is 0.161. The highest BCUT2D eigenvalue weighted by Crippen LogP contribution is 2.13. The lowest BCUT2D eigenvalue weighted by Crippen LogP contribution is -2.49. The van der Waals surface area contributed by atoms with Crippen LogP contribution in [-0.2, 0) is 16.6 Å². The molecule has 1 fully saturated rings. The average Bonchev–Trinajstić information content (AvgIpc) is 2.98. The van der Waals surface area contributed by atoms with E-state index in [1.807, 2.05) is 24.4 Å². The number of nitrogens with zero attached hydrogens (tertiary/aromatic N) is 1. The summed E-state index contributed by atoms with van der Waals surface area (Å²) >= 11 is 1.61. The van der Waals surface area contributed by atoms with Crippen molar-refractivity contribution in [2.24, 2.45) is 0 Å². The topological polar surface area (TPSA) is 78.5 Å². The predicted octanol–water partition coefficient (Wildman–Crippen LogP) is 1.75. The molecule has 22 heavy (non-hydrogen) atoms. The number of carbonyl (C=O) groups excluding carboxylic acids is 1. The van der Waals surface area contributed by atoms with Crippen LogP contribution < -0.4 is 10.0 Å². The van der Waals surface area contributed by atoms with Gasteiger partial charge in [0.1, 0.15) is 0 Å². The van der Waals surface area contributed by atoms with Gasteiger partial charge in [-0.1, -0.05) is 13.0 Å². The Morgan fingerprint density at radius 2 is 2.14 bits per heavy atom. The maximum Gasteiger partial charge on any atom is 0.317 e. The van der Waals surface area contributed by atoms with E-state index in [4.69, 9.17) is 0 Å². The largest absolute Gasteiger partial charge is 0.333 e. The zero-order valence-electron chi connectivity index (χ0n) is 12.7. The number of hydrogen-bond acceptors (Lipinski definition) is 4. The van der Waals surface area contributed by atoms with Crippen LogP contribution in [0.5, 0.6) is 0 Å². The van der Waals surface area contributed by atoms with Crippen LogP contribution >= 0.6 is 11.3 Å². The highest BCUT2D eigenvalue weighted by atomic mass is 32.2. The molecule has 0 radical (unpaired) electrons. The number of piperidine rings is 1. The van der Waals surface area contributed by atoms with Crippen LogP contribution in [0, 0.1) is 0 Å². The third-order valence-electron chi connectivity index (χ3n) is 3.60. The zero-order valence-corrected chi connectivity index (χ0v) is 14.4. The summed E-state index contributed by atoms with van der Waals surface area (Å²) in [7, 11) is -3.18. The summed E-state index contributed by atoms with van der Waals surface area (Å²) in [5, 5.41) is 4.88. The van der Waals surface area contributed by atoms with Gasteiger partial charge in [-0.3, -0.25) is 0 Å². The molecule has 1 saturated heterocycles. The number of hydrogen-bond donors (Lipinski definition) is 2. The fourth-order valence-corrected chi connectivity index (χ4v) is 4.51. The fraction of sp³-hybridized carbons (Fsp3) is 0.643. The summed E-state index contributed by atoms with van der Waals surface area (Å²) in [4.78, 5) is 14.9. The van der Waals surface area contributed by atoms with E-state index < -0.39 is 10.0 Å². The van der Waals surface area contributed by atoms with Crippen molar-refractivity contribution in [1.82, 2.24) is 14.9 Å². The number of urea groups is 1. The summed E-state index contributed by atoms with van der Waals surface area (Å²) in [6.07, 6.45) is 1.93. The Labute approximate surface area is 135 Å². The van der Waals surface area contributed by atoms with Gasteiger partial charge in [-0.05, 0) is 30.7 Å². The minimum Gasteiger partial charge on any atom is -0.333 e. The van der Waals surface area contributed by atoms with Gasteiger partial charge < -0.3 is 10.2 Å². The van der Waals surface area contributed by atoms with Crippen LogP contribution in [-0.4, -0.2) is 44.2 Å². The lowest BCUT2D eigenvalue weighted by atomic mass is 10.1. The van der Waals surface area contributed by atoms with Gasteiger partial charge in [0.25, 0.3) is 0 Å². The Balaban J connectivity index is 1.73. The van der Waals surface area contributed by atoms with Crippen molar-refractivity contribution >= 4 is 27.4 Å². The fourth-order valence-electron chi connectivity index (χ4n) is 2.47. The molecule has 0 aliphatic carbocycles. The van der Waals surface area contributed by atoms with E-state index in [0.29, 0.717) is 38.9 Å². The first-order valence-electron chi connectivity index (χ1n) is 7.55. The van der Waals surface area contributed by atoms with Gasteiger partial charge in [-0.2, -0.15) is 0 Å². The molecule has 2 heterocycles.